The van der Waals surface area contributed by atoms with E-state index in [4.69, 9.17) is 4.55 Å². The molecule has 1 aromatic rings. The maximum absolute atomic E-state index is 10.9. The minimum atomic E-state index is -4.10. The topological polar surface area (TPSA) is 54.4 Å². The zero-order valence-electron chi connectivity index (χ0n) is 7.20. The van der Waals surface area contributed by atoms with Gasteiger partial charge in [0.05, 0.1) is 4.90 Å². The molecule has 5 heteroatoms. The molecule has 0 bridgehead atoms. The van der Waals surface area contributed by atoms with Gasteiger partial charge in [-0.1, -0.05) is 22.0 Å². The van der Waals surface area contributed by atoms with Crippen molar-refractivity contribution < 1.29 is 13.0 Å². The van der Waals surface area contributed by atoms with Crippen LogP contribution in [-0.2, 0) is 10.1 Å². The summed E-state index contributed by atoms with van der Waals surface area (Å²) in [6, 6.07) is 3.10. The molecule has 0 aliphatic carbocycles. The third-order valence-corrected chi connectivity index (χ3v) is 3.58. The van der Waals surface area contributed by atoms with E-state index < -0.39 is 10.1 Å². The summed E-state index contributed by atoms with van der Waals surface area (Å²) in [5, 5.41) is 0. The van der Waals surface area contributed by atoms with Gasteiger partial charge in [0.15, 0.2) is 0 Å². The van der Waals surface area contributed by atoms with Crippen LogP contribution < -0.4 is 0 Å². The Morgan fingerprint density at radius 3 is 2.23 bits per heavy atom. The van der Waals surface area contributed by atoms with Gasteiger partial charge in [-0.15, -0.1) is 0 Å². The molecule has 0 aliphatic heterocycles. The lowest BCUT2D eigenvalue weighted by atomic mass is 10.2. The molecule has 0 radical (unpaired) electrons. The number of benzene rings is 1. The summed E-state index contributed by atoms with van der Waals surface area (Å²) < 4.78 is 31.2. The lowest BCUT2D eigenvalue weighted by Crippen LogP contribution is -2.01. The maximum atomic E-state index is 10.9. The molecule has 1 rings (SSSR count). The van der Waals surface area contributed by atoms with Crippen LogP contribution in [0.15, 0.2) is 21.5 Å². The second-order valence-electron chi connectivity index (χ2n) is 2.84. The molecular weight excluding hydrogens is 256 g/mol. The van der Waals surface area contributed by atoms with Crippen LogP contribution in [0.3, 0.4) is 0 Å². The zero-order valence-corrected chi connectivity index (χ0v) is 9.61. The average molecular weight is 265 g/mol. The lowest BCUT2D eigenvalue weighted by molar-refractivity contribution is 0.482. The van der Waals surface area contributed by atoms with Gasteiger partial charge in [-0.25, -0.2) is 0 Å². The normalized spacial score (nSPS) is 11.7. The molecule has 0 fully saturated rings. The Labute approximate surface area is 85.7 Å². The van der Waals surface area contributed by atoms with Crippen LogP contribution in [0.5, 0.6) is 0 Å². The molecule has 0 aromatic heterocycles. The molecule has 72 valence electrons. The highest BCUT2D eigenvalue weighted by Gasteiger charge is 2.14. The Kier molecular flexibility index (Phi) is 2.79. The SMILES string of the molecule is Cc1cc(C)c(S(=O)(=O)O)cc1Br. The van der Waals surface area contributed by atoms with Gasteiger partial charge in [-0.2, -0.15) is 8.42 Å². The fourth-order valence-corrected chi connectivity index (χ4v) is 2.31. The summed E-state index contributed by atoms with van der Waals surface area (Å²) in [7, 11) is -4.10. The Balaban J connectivity index is 3.50. The van der Waals surface area contributed by atoms with E-state index in [0.717, 1.165) is 5.56 Å². The van der Waals surface area contributed by atoms with Crippen LogP contribution >= 0.6 is 15.9 Å². The molecule has 0 unspecified atom stereocenters. The number of halogens is 1. The summed E-state index contributed by atoms with van der Waals surface area (Å²) in [5.74, 6) is 0. The van der Waals surface area contributed by atoms with Gasteiger partial charge < -0.3 is 0 Å². The van der Waals surface area contributed by atoms with Crippen LogP contribution in [0, 0.1) is 13.8 Å². The van der Waals surface area contributed by atoms with Crippen molar-refractivity contribution in [2.24, 2.45) is 0 Å². The second-order valence-corrected chi connectivity index (χ2v) is 5.09. The van der Waals surface area contributed by atoms with Gasteiger partial charge in [0.25, 0.3) is 10.1 Å². The first-order valence-electron chi connectivity index (χ1n) is 3.56. The molecule has 0 saturated carbocycles. The van der Waals surface area contributed by atoms with E-state index in [1.807, 2.05) is 6.92 Å². The van der Waals surface area contributed by atoms with Crippen molar-refractivity contribution in [3.8, 4) is 0 Å². The third-order valence-electron chi connectivity index (χ3n) is 1.73. The fourth-order valence-electron chi connectivity index (χ4n) is 1.09. The predicted molar refractivity (Wildman–Crippen MR) is 53.4 cm³/mol. The van der Waals surface area contributed by atoms with Crippen LogP contribution in [0.25, 0.3) is 0 Å². The Morgan fingerprint density at radius 2 is 1.77 bits per heavy atom. The lowest BCUT2D eigenvalue weighted by Gasteiger charge is -2.05. The highest BCUT2D eigenvalue weighted by atomic mass is 79.9. The Morgan fingerprint density at radius 1 is 1.23 bits per heavy atom. The van der Waals surface area contributed by atoms with Crippen LogP contribution in [-0.4, -0.2) is 13.0 Å². The molecule has 0 amide bonds. The van der Waals surface area contributed by atoms with Crippen molar-refractivity contribution in [1.82, 2.24) is 0 Å². The molecule has 0 heterocycles. The van der Waals surface area contributed by atoms with E-state index in [9.17, 15) is 8.42 Å². The van der Waals surface area contributed by atoms with E-state index in [1.54, 1.807) is 13.0 Å². The van der Waals surface area contributed by atoms with Crippen LogP contribution in [0.2, 0.25) is 0 Å². The van der Waals surface area contributed by atoms with E-state index in [1.165, 1.54) is 6.07 Å². The Hall–Kier alpha value is -0.390. The molecule has 0 aliphatic rings. The molecule has 0 saturated heterocycles. The first-order valence-corrected chi connectivity index (χ1v) is 5.80. The van der Waals surface area contributed by atoms with Gasteiger partial charge in [-0.3, -0.25) is 4.55 Å². The summed E-state index contributed by atoms with van der Waals surface area (Å²) in [5.41, 5.74) is 1.48. The quantitative estimate of drug-likeness (QED) is 0.793. The standard InChI is InChI=1S/C8H9BrO3S/c1-5-3-6(2)8(4-7(5)9)13(10,11)12/h3-4H,1-2H3,(H,10,11,12). The van der Waals surface area contributed by atoms with Gasteiger partial charge in [-0.05, 0) is 31.0 Å². The first-order chi connectivity index (χ1) is 5.82. The van der Waals surface area contributed by atoms with Gasteiger partial charge in [0.2, 0.25) is 0 Å². The molecule has 1 aromatic carbocycles. The molecule has 13 heavy (non-hydrogen) atoms. The summed E-state index contributed by atoms with van der Waals surface area (Å²) >= 11 is 3.20. The maximum Gasteiger partial charge on any atom is 0.294 e. The van der Waals surface area contributed by atoms with E-state index in [0.29, 0.717) is 10.0 Å². The first kappa shape index (κ1) is 10.7. The summed E-state index contributed by atoms with van der Waals surface area (Å²) in [6.07, 6.45) is 0. The van der Waals surface area contributed by atoms with Crippen molar-refractivity contribution in [3.63, 3.8) is 0 Å². The highest BCUT2D eigenvalue weighted by Crippen LogP contribution is 2.23. The molecular formula is C8H9BrO3S. The average Bonchev–Trinajstić information content (AvgIpc) is 1.94. The number of hydrogen-bond donors (Lipinski definition) is 1. The molecule has 3 nitrogen and oxygen atoms in total. The fraction of sp³-hybridized carbons (Fsp3) is 0.250. The zero-order chi connectivity index (χ0) is 10.2. The van der Waals surface area contributed by atoms with E-state index >= 15 is 0 Å². The van der Waals surface area contributed by atoms with Crippen molar-refractivity contribution in [3.05, 3.63) is 27.7 Å². The monoisotopic (exact) mass is 264 g/mol. The molecule has 0 atom stereocenters. The second kappa shape index (κ2) is 3.40. The predicted octanol–water partition coefficient (Wildman–Crippen LogP) is 2.31. The highest BCUT2D eigenvalue weighted by molar-refractivity contribution is 9.10. The number of aryl methyl sites for hydroxylation is 2. The van der Waals surface area contributed by atoms with E-state index in [-0.39, 0.29) is 4.90 Å². The summed E-state index contributed by atoms with van der Waals surface area (Å²) in [4.78, 5) is -0.0509. The minimum absolute atomic E-state index is 0.0509. The smallest absolute Gasteiger partial charge is 0.282 e. The van der Waals surface area contributed by atoms with E-state index in [2.05, 4.69) is 15.9 Å². The van der Waals surface area contributed by atoms with Crippen molar-refractivity contribution in [2.75, 3.05) is 0 Å². The number of rotatable bonds is 1. The van der Waals surface area contributed by atoms with Gasteiger partial charge in [0, 0.05) is 4.47 Å². The van der Waals surface area contributed by atoms with Gasteiger partial charge in [0.1, 0.15) is 0 Å². The molecule has 0 spiro atoms. The molecule has 1 N–H and O–H groups in total. The number of hydrogen-bond acceptors (Lipinski definition) is 2. The van der Waals surface area contributed by atoms with Gasteiger partial charge >= 0.3 is 0 Å². The third kappa shape index (κ3) is 2.30. The summed E-state index contributed by atoms with van der Waals surface area (Å²) in [6.45, 7) is 3.49. The van der Waals surface area contributed by atoms with Crippen molar-refractivity contribution in [1.29, 1.82) is 0 Å². The largest absolute Gasteiger partial charge is 0.294 e. The van der Waals surface area contributed by atoms with Crippen LogP contribution in [0.1, 0.15) is 11.1 Å². The van der Waals surface area contributed by atoms with Crippen LogP contribution in [0.4, 0.5) is 0 Å². The minimum Gasteiger partial charge on any atom is -0.282 e. The van der Waals surface area contributed by atoms with Crippen molar-refractivity contribution in [2.45, 2.75) is 18.7 Å². The Bertz CT molecular complexity index is 437. The van der Waals surface area contributed by atoms with Crippen molar-refractivity contribution >= 4 is 26.0 Å².